The van der Waals surface area contributed by atoms with Gasteiger partial charge in [-0.2, -0.15) is 0 Å². The zero-order chi connectivity index (χ0) is 13.9. The van der Waals surface area contributed by atoms with E-state index in [-0.39, 0.29) is 10.6 Å². The molecule has 0 radical (unpaired) electrons. The number of piperazine rings is 1. The number of nitrogens with one attached hydrogen (secondary N) is 1. The van der Waals surface area contributed by atoms with Crippen LogP contribution in [0.25, 0.3) is 0 Å². The lowest BCUT2D eigenvalue weighted by Crippen LogP contribution is -2.47. The fourth-order valence-electron chi connectivity index (χ4n) is 3.32. The number of rotatable bonds is 4. The van der Waals surface area contributed by atoms with Crippen molar-refractivity contribution in [2.75, 3.05) is 26.2 Å². The Morgan fingerprint density at radius 2 is 2.05 bits per heavy atom. The molecule has 1 heterocycles. The summed E-state index contributed by atoms with van der Waals surface area (Å²) in [5.41, 5.74) is 1.33. The number of hydrogen-bond acceptors (Lipinski definition) is 4. The molecule has 108 valence electrons. The van der Waals surface area contributed by atoms with Crippen molar-refractivity contribution < 1.29 is 4.92 Å². The third-order valence-electron chi connectivity index (χ3n) is 4.56. The number of non-ortho nitro benzene ring substituents is 1. The highest BCUT2D eigenvalue weighted by molar-refractivity contribution is 5.36. The van der Waals surface area contributed by atoms with Gasteiger partial charge < -0.3 is 5.32 Å². The fourth-order valence-corrected chi connectivity index (χ4v) is 3.32. The van der Waals surface area contributed by atoms with E-state index in [9.17, 15) is 10.1 Å². The summed E-state index contributed by atoms with van der Waals surface area (Å²) >= 11 is 0. The highest BCUT2D eigenvalue weighted by Gasteiger charge is 2.34. The Bertz CT molecular complexity index is 482. The molecule has 0 amide bonds. The number of benzene rings is 1. The first-order valence-corrected chi connectivity index (χ1v) is 7.45. The van der Waals surface area contributed by atoms with Crippen LogP contribution in [0.4, 0.5) is 5.69 Å². The molecule has 20 heavy (non-hydrogen) atoms. The minimum Gasteiger partial charge on any atom is -0.314 e. The number of nitro benzene ring substituents is 1. The predicted octanol–water partition coefficient (Wildman–Crippen LogP) is 2.34. The van der Waals surface area contributed by atoms with Gasteiger partial charge in [0, 0.05) is 44.4 Å². The molecule has 2 fully saturated rings. The van der Waals surface area contributed by atoms with E-state index in [1.54, 1.807) is 12.1 Å². The van der Waals surface area contributed by atoms with E-state index in [1.165, 1.54) is 19.3 Å². The summed E-state index contributed by atoms with van der Waals surface area (Å²) in [4.78, 5) is 13.2. The SMILES string of the molecule is O=[N+]([O-])c1cccc([C@H](C2CCC2)N2CCNCC2)c1. The van der Waals surface area contributed by atoms with Crippen LogP contribution in [0.15, 0.2) is 24.3 Å². The normalized spacial score (nSPS) is 22.2. The third kappa shape index (κ3) is 2.69. The first kappa shape index (κ1) is 13.5. The first-order chi connectivity index (χ1) is 9.75. The van der Waals surface area contributed by atoms with Crippen LogP contribution >= 0.6 is 0 Å². The monoisotopic (exact) mass is 275 g/mol. The van der Waals surface area contributed by atoms with Crippen molar-refractivity contribution in [2.45, 2.75) is 25.3 Å². The highest BCUT2D eigenvalue weighted by Crippen LogP contribution is 2.42. The molecule has 1 N–H and O–H groups in total. The van der Waals surface area contributed by atoms with Gasteiger partial charge in [-0.15, -0.1) is 0 Å². The average Bonchev–Trinajstić information content (AvgIpc) is 2.43. The molecule has 0 spiro atoms. The van der Waals surface area contributed by atoms with Crippen LogP contribution in [0.1, 0.15) is 30.9 Å². The van der Waals surface area contributed by atoms with Gasteiger partial charge in [-0.25, -0.2) is 0 Å². The molecule has 1 atom stereocenters. The Labute approximate surface area is 119 Å². The van der Waals surface area contributed by atoms with Crippen LogP contribution < -0.4 is 5.32 Å². The topological polar surface area (TPSA) is 58.4 Å². The Morgan fingerprint density at radius 1 is 1.30 bits per heavy atom. The lowest BCUT2D eigenvalue weighted by Gasteiger charge is -2.43. The summed E-state index contributed by atoms with van der Waals surface area (Å²) < 4.78 is 0. The maximum absolute atomic E-state index is 11.0. The molecule has 1 aliphatic carbocycles. The van der Waals surface area contributed by atoms with Crippen molar-refractivity contribution in [2.24, 2.45) is 5.92 Å². The molecule has 0 bridgehead atoms. The number of nitrogens with zero attached hydrogens (tertiary/aromatic N) is 2. The Kier molecular flexibility index (Phi) is 3.98. The lowest BCUT2D eigenvalue weighted by molar-refractivity contribution is -0.385. The van der Waals surface area contributed by atoms with Crippen LogP contribution in [0.5, 0.6) is 0 Å². The lowest BCUT2D eigenvalue weighted by atomic mass is 9.76. The molecule has 5 nitrogen and oxygen atoms in total. The van der Waals surface area contributed by atoms with Crippen molar-refractivity contribution in [3.63, 3.8) is 0 Å². The van der Waals surface area contributed by atoms with Gasteiger partial charge in [0.1, 0.15) is 0 Å². The predicted molar refractivity (Wildman–Crippen MR) is 77.6 cm³/mol. The summed E-state index contributed by atoms with van der Waals surface area (Å²) in [6.45, 7) is 4.09. The molecule has 1 aromatic rings. The minimum absolute atomic E-state index is 0.210. The minimum atomic E-state index is -0.293. The highest BCUT2D eigenvalue weighted by atomic mass is 16.6. The quantitative estimate of drug-likeness (QED) is 0.677. The second-order valence-corrected chi connectivity index (χ2v) is 5.77. The molecular formula is C15H21N3O2. The van der Waals surface area contributed by atoms with Crippen molar-refractivity contribution in [3.05, 3.63) is 39.9 Å². The van der Waals surface area contributed by atoms with E-state index in [4.69, 9.17) is 0 Å². The smallest absolute Gasteiger partial charge is 0.269 e. The summed E-state index contributed by atoms with van der Waals surface area (Å²) in [7, 11) is 0. The van der Waals surface area contributed by atoms with Gasteiger partial charge in [-0.1, -0.05) is 18.6 Å². The fraction of sp³-hybridized carbons (Fsp3) is 0.600. The molecule has 0 aromatic heterocycles. The second kappa shape index (κ2) is 5.89. The summed E-state index contributed by atoms with van der Waals surface area (Å²) in [6.07, 6.45) is 3.79. The van der Waals surface area contributed by atoms with E-state index in [0.717, 1.165) is 31.7 Å². The van der Waals surface area contributed by atoms with Gasteiger partial charge in [0.2, 0.25) is 0 Å². The van der Waals surface area contributed by atoms with Crippen molar-refractivity contribution >= 4 is 5.69 Å². The average molecular weight is 275 g/mol. The summed E-state index contributed by atoms with van der Waals surface area (Å²) in [6, 6.07) is 7.58. The van der Waals surface area contributed by atoms with Crippen molar-refractivity contribution in [3.8, 4) is 0 Å². The Morgan fingerprint density at radius 3 is 2.65 bits per heavy atom. The summed E-state index contributed by atoms with van der Waals surface area (Å²) in [5.74, 6) is 0.662. The molecule has 1 aromatic carbocycles. The van der Waals surface area contributed by atoms with Crippen LogP contribution in [0.2, 0.25) is 0 Å². The van der Waals surface area contributed by atoms with Gasteiger partial charge in [-0.05, 0) is 24.3 Å². The van der Waals surface area contributed by atoms with Crippen LogP contribution in [0.3, 0.4) is 0 Å². The Hall–Kier alpha value is -1.46. The molecule has 3 rings (SSSR count). The van der Waals surface area contributed by atoms with Crippen molar-refractivity contribution in [1.82, 2.24) is 10.2 Å². The van der Waals surface area contributed by atoms with Gasteiger partial charge >= 0.3 is 0 Å². The standard InChI is InChI=1S/C15H21N3O2/c19-18(20)14-6-2-5-13(11-14)15(12-3-1-4-12)17-9-7-16-8-10-17/h2,5-6,11-12,15-16H,1,3-4,7-10H2/t15-/m0/s1. The molecule has 1 saturated carbocycles. The zero-order valence-electron chi connectivity index (χ0n) is 11.6. The van der Waals surface area contributed by atoms with Gasteiger partial charge in [-0.3, -0.25) is 15.0 Å². The summed E-state index contributed by atoms with van der Waals surface area (Å²) in [5, 5.41) is 14.4. The molecule has 5 heteroatoms. The van der Waals surface area contributed by atoms with E-state index in [1.807, 2.05) is 6.07 Å². The molecular weight excluding hydrogens is 254 g/mol. The number of nitro groups is 1. The second-order valence-electron chi connectivity index (χ2n) is 5.77. The van der Waals surface area contributed by atoms with Gasteiger partial charge in [0.05, 0.1) is 4.92 Å². The maximum Gasteiger partial charge on any atom is 0.269 e. The molecule has 1 saturated heterocycles. The van der Waals surface area contributed by atoms with Crippen LogP contribution in [-0.4, -0.2) is 36.0 Å². The molecule has 1 aliphatic heterocycles. The van der Waals surface area contributed by atoms with Crippen molar-refractivity contribution in [1.29, 1.82) is 0 Å². The molecule has 0 unspecified atom stereocenters. The van der Waals surface area contributed by atoms with E-state index in [0.29, 0.717) is 12.0 Å². The maximum atomic E-state index is 11.0. The van der Waals surface area contributed by atoms with E-state index < -0.39 is 0 Å². The third-order valence-corrected chi connectivity index (χ3v) is 4.56. The van der Waals surface area contributed by atoms with E-state index in [2.05, 4.69) is 16.3 Å². The van der Waals surface area contributed by atoms with Crippen LogP contribution in [0, 0.1) is 16.0 Å². The Balaban J connectivity index is 1.87. The van der Waals surface area contributed by atoms with E-state index >= 15 is 0 Å². The van der Waals surface area contributed by atoms with Crippen LogP contribution in [-0.2, 0) is 0 Å². The zero-order valence-corrected chi connectivity index (χ0v) is 11.6. The van der Waals surface area contributed by atoms with Gasteiger partial charge in [0.15, 0.2) is 0 Å². The largest absolute Gasteiger partial charge is 0.314 e. The van der Waals surface area contributed by atoms with Gasteiger partial charge in [0.25, 0.3) is 5.69 Å². The molecule has 2 aliphatic rings. The first-order valence-electron chi connectivity index (χ1n) is 7.45. The number of hydrogen-bond donors (Lipinski definition) is 1.